The monoisotopic (exact) mass is 351 g/mol. The van der Waals surface area contributed by atoms with Crippen LogP contribution in [0.15, 0.2) is 36.7 Å². The lowest BCUT2D eigenvalue weighted by Crippen LogP contribution is -2.28. The summed E-state index contributed by atoms with van der Waals surface area (Å²) in [6.07, 6.45) is 0.902. The van der Waals surface area contributed by atoms with Crippen molar-refractivity contribution in [3.8, 4) is 0 Å². The van der Waals surface area contributed by atoms with Crippen LogP contribution in [0.2, 0.25) is 5.02 Å². The van der Waals surface area contributed by atoms with Gasteiger partial charge in [0.2, 0.25) is 0 Å². The smallest absolute Gasteiger partial charge is 0.338 e. The Labute approximate surface area is 138 Å². The van der Waals surface area contributed by atoms with Gasteiger partial charge >= 0.3 is 5.97 Å². The summed E-state index contributed by atoms with van der Waals surface area (Å²) in [6, 6.07) is 5.63. The molecule has 0 saturated carbocycles. The van der Waals surface area contributed by atoms with Crippen molar-refractivity contribution in [2.24, 2.45) is 0 Å². The van der Waals surface area contributed by atoms with Crippen LogP contribution in [0.25, 0.3) is 10.9 Å². The van der Waals surface area contributed by atoms with Crippen LogP contribution >= 0.6 is 11.6 Å². The Balaban J connectivity index is 2.14. The van der Waals surface area contributed by atoms with Gasteiger partial charge < -0.3 is 15.6 Å². The van der Waals surface area contributed by atoms with Crippen LogP contribution < -0.4 is 10.0 Å². The molecule has 0 saturated heterocycles. The first-order chi connectivity index (χ1) is 11.4. The summed E-state index contributed by atoms with van der Waals surface area (Å²) in [4.78, 5) is 14.8. The van der Waals surface area contributed by atoms with E-state index < -0.39 is 23.2 Å². The van der Waals surface area contributed by atoms with Gasteiger partial charge in [0, 0.05) is 11.8 Å². The number of carboxylic acids is 1. The third-order valence-electron chi connectivity index (χ3n) is 3.28. The molecule has 3 rings (SSSR count). The van der Waals surface area contributed by atoms with Gasteiger partial charge in [0.25, 0.3) is 12.1 Å². The third kappa shape index (κ3) is 2.79. The highest BCUT2D eigenvalue weighted by atomic mass is 35.5. The highest BCUT2D eigenvalue weighted by Gasteiger charge is 2.19. The number of carbonyl (C=O) groups is 1. The van der Waals surface area contributed by atoms with E-state index in [1.54, 1.807) is 0 Å². The number of fused-ring (bicyclic) bond motifs is 1. The molecule has 0 aliphatic heterocycles. The van der Waals surface area contributed by atoms with Gasteiger partial charge in [0.05, 0.1) is 16.0 Å². The predicted molar refractivity (Wildman–Crippen MR) is 82.3 cm³/mol. The first kappa shape index (κ1) is 15.9. The van der Waals surface area contributed by atoms with Crippen LogP contribution in [0.3, 0.4) is 0 Å². The Morgan fingerprint density at radius 1 is 1.25 bits per heavy atom. The molecule has 1 heterocycles. The first-order valence-corrected chi connectivity index (χ1v) is 6.91. The predicted octanol–water partition coefficient (Wildman–Crippen LogP) is 3.24. The van der Waals surface area contributed by atoms with Crippen LogP contribution in [0, 0.1) is 16.8 Å². The summed E-state index contributed by atoms with van der Waals surface area (Å²) in [6.45, 7) is 0. The molecule has 1 aromatic heterocycles. The van der Waals surface area contributed by atoms with E-state index in [4.69, 9.17) is 16.7 Å². The van der Waals surface area contributed by atoms with E-state index in [0.29, 0.717) is 10.4 Å². The zero-order valence-electron chi connectivity index (χ0n) is 11.8. The molecule has 0 bridgehead atoms. The number of halogens is 3. The average molecular weight is 352 g/mol. The van der Waals surface area contributed by atoms with Crippen LogP contribution in [0.1, 0.15) is 10.4 Å². The van der Waals surface area contributed by atoms with Gasteiger partial charge in [-0.05, 0) is 29.2 Å². The van der Waals surface area contributed by atoms with E-state index in [2.05, 4.69) is 10.3 Å². The van der Waals surface area contributed by atoms with Gasteiger partial charge in [0.1, 0.15) is 17.2 Å². The molecular weight excluding hydrogens is 344 g/mol. The molecular formula is C15H8ClF2N3O3. The topological polar surface area (TPSA) is 89.2 Å². The number of aromatic carboxylic acids is 1. The maximum absolute atomic E-state index is 13.9. The summed E-state index contributed by atoms with van der Waals surface area (Å²) in [7, 11) is 0. The van der Waals surface area contributed by atoms with Gasteiger partial charge in [-0.2, -0.15) is 0 Å². The lowest BCUT2D eigenvalue weighted by molar-refractivity contribution is -0.580. The highest BCUT2D eigenvalue weighted by Crippen LogP contribution is 2.27. The Morgan fingerprint density at radius 3 is 2.67 bits per heavy atom. The van der Waals surface area contributed by atoms with E-state index >= 15 is 0 Å². The molecule has 2 N–H and O–H groups in total. The molecule has 0 atom stereocenters. The molecule has 0 aliphatic rings. The van der Waals surface area contributed by atoms with Gasteiger partial charge in [-0.3, -0.25) is 0 Å². The zero-order chi connectivity index (χ0) is 17.4. The zero-order valence-corrected chi connectivity index (χ0v) is 12.5. The van der Waals surface area contributed by atoms with Crippen LogP contribution in [-0.4, -0.2) is 16.1 Å². The summed E-state index contributed by atoms with van der Waals surface area (Å²) >= 11 is 5.69. The molecule has 0 fully saturated rings. The number of hydrogen-bond donors (Lipinski definition) is 2. The number of hydrogen-bond acceptors (Lipinski definition) is 4. The fourth-order valence-electron chi connectivity index (χ4n) is 2.15. The van der Waals surface area contributed by atoms with Crippen molar-refractivity contribution >= 4 is 40.0 Å². The fourth-order valence-corrected chi connectivity index (χ4v) is 2.33. The van der Waals surface area contributed by atoms with Crippen molar-refractivity contribution in [2.75, 3.05) is 5.32 Å². The third-order valence-corrected chi connectivity index (χ3v) is 3.57. The van der Waals surface area contributed by atoms with Crippen LogP contribution in [-0.2, 0) is 0 Å². The molecule has 0 unspecified atom stereocenters. The van der Waals surface area contributed by atoms with Crippen molar-refractivity contribution in [3.05, 3.63) is 64.1 Å². The van der Waals surface area contributed by atoms with Gasteiger partial charge in [-0.15, -0.1) is 0 Å². The summed E-state index contributed by atoms with van der Waals surface area (Å²) in [5.74, 6) is -3.02. The molecule has 2 aromatic carbocycles. The molecule has 0 spiro atoms. The summed E-state index contributed by atoms with van der Waals surface area (Å²) in [5, 5.41) is 23.5. The van der Waals surface area contributed by atoms with Gasteiger partial charge in [0.15, 0.2) is 0 Å². The highest BCUT2D eigenvalue weighted by molar-refractivity contribution is 6.31. The molecule has 122 valence electrons. The molecule has 0 radical (unpaired) electrons. The minimum Gasteiger partial charge on any atom is -0.710 e. The molecule has 3 aromatic rings. The quantitative estimate of drug-likeness (QED) is 0.558. The first-order valence-electron chi connectivity index (χ1n) is 6.53. The second-order valence-electron chi connectivity index (χ2n) is 4.83. The van der Waals surface area contributed by atoms with E-state index in [1.165, 1.54) is 12.1 Å². The normalized spacial score (nSPS) is 10.8. The van der Waals surface area contributed by atoms with Crippen molar-refractivity contribution in [2.45, 2.75) is 0 Å². The molecule has 24 heavy (non-hydrogen) atoms. The van der Waals surface area contributed by atoms with E-state index in [9.17, 15) is 18.8 Å². The molecule has 0 amide bonds. The number of carboxylic acid groups (broad SMARTS) is 1. The maximum atomic E-state index is 13.9. The molecule has 6 nitrogen and oxygen atoms in total. The number of nitrogens with zero attached hydrogens (tertiary/aromatic N) is 2. The SMILES string of the molecule is O=C(O)c1cc2c(cc1F)c(Nc1ccc(F)c(Cl)c1)nc[n+]2[O-]. The molecule has 9 heteroatoms. The Hall–Kier alpha value is -3.00. The Morgan fingerprint density at radius 2 is 2.00 bits per heavy atom. The van der Waals surface area contributed by atoms with Gasteiger partial charge in [-0.25, -0.2) is 18.3 Å². The second kappa shape index (κ2) is 5.89. The van der Waals surface area contributed by atoms with Crippen LogP contribution in [0.5, 0.6) is 0 Å². The minimum atomic E-state index is -1.49. The lowest BCUT2D eigenvalue weighted by atomic mass is 10.1. The van der Waals surface area contributed by atoms with E-state index in [0.717, 1.165) is 24.5 Å². The van der Waals surface area contributed by atoms with E-state index in [1.807, 2.05) is 0 Å². The largest absolute Gasteiger partial charge is 0.710 e. The summed E-state index contributed by atoms with van der Waals surface area (Å²) in [5.41, 5.74) is -0.352. The Bertz CT molecular complexity index is 982. The van der Waals surface area contributed by atoms with Crippen molar-refractivity contribution in [3.63, 3.8) is 0 Å². The average Bonchev–Trinajstić information content (AvgIpc) is 2.53. The number of anilines is 2. The lowest BCUT2D eigenvalue weighted by Gasteiger charge is -2.10. The summed E-state index contributed by atoms with van der Waals surface area (Å²) < 4.78 is 27.4. The van der Waals surface area contributed by atoms with Gasteiger partial charge in [-0.1, -0.05) is 11.6 Å². The minimum absolute atomic E-state index is 0.0652. The maximum Gasteiger partial charge on any atom is 0.338 e. The number of benzene rings is 2. The Kier molecular flexibility index (Phi) is 3.90. The van der Waals surface area contributed by atoms with Crippen LogP contribution in [0.4, 0.5) is 20.3 Å². The standard InChI is InChI=1S/C15H8ClF2N3O3/c16-10-3-7(1-2-11(10)17)20-14-9-4-12(18)8(15(22)23)5-13(9)21(24)6-19-14/h1-6H,(H,19,20)(H,22,23). The fraction of sp³-hybridized carbons (Fsp3) is 0. The number of rotatable bonds is 3. The van der Waals surface area contributed by atoms with Crippen molar-refractivity contribution in [1.82, 2.24) is 4.98 Å². The molecule has 0 aliphatic carbocycles. The second-order valence-corrected chi connectivity index (χ2v) is 5.23. The van der Waals surface area contributed by atoms with E-state index in [-0.39, 0.29) is 21.7 Å². The van der Waals surface area contributed by atoms with Crippen molar-refractivity contribution in [1.29, 1.82) is 0 Å². The number of nitrogens with one attached hydrogen (secondary N) is 1. The number of aromatic nitrogens is 2. The van der Waals surface area contributed by atoms with Crippen molar-refractivity contribution < 1.29 is 23.4 Å².